The van der Waals surface area contributed by atoms with E-state index in [1.54, 1.807) is 7.11 Å². The van der Waals surface area contributed by atoms with Crippen molar-refractivity contribution in [1.29, 1.82) is 0 Å². The molecule has 0 saturated carbocycles. The molecule has 5 heteroatoms. The fourth-order valence-corrected chi connectivity index (χ4v) is 2.37. The average Bonchev–Trinajstić information content (AvgIpc) is 2.86. The van der Waals surface area contributed by atoms with E-state index in [-0.39, 0.29) is 6.04 Å². The van der Waals surface area contributed by atoms with Crippen LogP contribution in [0.1, 0.15) is 58.3 Å². The summed E-state index contributed by atoms with van der Waals surface area (Å²) in [5, 5.41) is 7.99. The number of ether oxygens (including phenoxy) is 2. The molecule has 0 saturated heterocycles. The molecule has 1 N–H and O–H groups in total. The molecule has 20 heavy (non-hydrogen) atoms. The highest BCUT2D eigenvalue weighted by molar-refractivity contribution is 5.28. The maximum absolute atomic E-state index is 5.48. The van der Waals surface area contributed by atoms with Gasteiger partial charge in [0.15, 0.2) is 5.75 Å². The first-order valence-electron chi connectivity index (χ1n) is 7.58. The number of hydrogen-bond acceptors (Lipinski definition) is 4. The summed E-state index contributed by atoms with van der Waals surface area (Å²) in [6.07, 6.45) is 3.85. The van der Waals surface area contributed by atoms with Gasteiger partial charge in [-0.05, 0) is 40.2 Å². The van der Waals surface area contributed by atoms with Gasteiger partial charge in [0.05, 0.1) is 25.0 Å². The number of hydrogen-bond donors (Lipinski definition) is 1. The van der Waals surface area contributed by atoms with Gasteiger partial charge in [-0.3, -0.25) is 4.68 Å². The van der Waals surface area contributed by atoms with Crippen LogP contribution in [0.4, 0.5) is 0 Å². The quantitative estimate of drug-likeness (QED) is 0.671. The zero-order chi connectivity index (χ0) is 15.0. The van der Waals surface area contributed by atoms with Gasteiger partial charge in [0.2, 0.25) is 0 Å². The third-order valence-electron chi connectivity index (χ3n) is 3.27. The van der Waals surface area contributed by atoms with Gasteiger partial charge >= 0.3 is 0 Å². The van der Waals surface area contributed by atoms with Crippen molar-refractivity contribution in [3.05, 3.63) is 11.9 Å². The number of methoxy groups -OCH3 is 1. The normalized spacial score (nSPS) is 12.9. The van der Waals surface area contributed by atoms with Crippen molar-refractivity contribution in [2.24, 2.45) is 0 Å². The van der Waals surface area contributed by atoms with Crippen LogP contribution in [-0.4, -0.2) is 36.6 Å². The molecule has 1 heterocycles. The van der Waals surface area contributed by atoms with Gasteiger partial charge in [0, 0.05) is 19.3 Å². The van der Waals surface area contributed by atoms with Gasteiger partial charge in [-0.2, -0.15) is 5.10 Å². The van der Waals surface area contributed by atoms with Gasteiger partial charge in [0.1, 0.15) is 0 Å². The molecule has 1 unspecified atom stereocenters. The topological polar surface area (TPSA) is 48.3 Å². The highest BCUT2D eigenvalue weighted by atomic mass is 16.5. The molecule has 0 amide bonds. The lowest BCUT2D eigenvalue weighted by atomic mass is 10.1. The summed E-state index contributed by atoms with van der Waals surface area (Å²) in [5.74, 6) is 0.862. The highest BCUT2D eigenvalue weighted by Gasteiger charge is 2.22. The Kier molecular flexibility index (Phi) is 7.62. The minimum atomic E-state index is 0.250. The first-order chi connectivity index (χ1) is 9.65. The molecule has 0 aliphatic carbocycles. The molecule has 116 valence electrons. The van der Waals surface area contributed by atoms with Crippen LogP contribution in [0.5, 0.6) is 5.75 Å². The van der Waals surface area contributed by atoms with Gasteiger partial charge in [0.25, 0.3) is 0 Å². The predicted octanol–water partition coefficient (Wildman–Crippen LogP) is 2.94. The lowest BCUT2D eigenvalue weighted by Gasteiger charge is -2.22. The second kappa shape index (κ2) is 8.97. The summed E-state index contributed by atoms with van der Waals surface area (Å²) in [6.45, 7) is 10.9. The molecular weight excluding hydrogens is 254 g/mol. The van der Waals surface area contributed by atoms with Crippen LogP contribution >= 0.6 is 0 Å². The lowest BCUT2D eigenvalue weighted by Crippen LogP contribution is -2.25. The molecule has 1 atom stereocenters. The van der Waals surface area contributed by atoms with E-state index in [1.807, 2.05) is 17.8 Å². The molecule has 1 aromatic rings. The lowest BCUT2D eigenvalue weighted by molar-refractivity contribution is 0.140. The summed E-state index contributed by atoms with van der Waals surface area (Å²) in [7, 11) is 1.70. The zero-order valence-electron chi connectivity index (χ0n) is 13.5. The van der Waals surface area contributed by atoms with Gasteiger partial charge in [-0.1, -0.05) is 6.92 Å². The van der Waals surface area contributed by atoms with Crippen molar-refractivity contribution in [3.8, 4) is 5.75 Å². The van der Waals surface area contributed by atoms with E-state index in [9.17, 15) is 0 Å². The summed E-state index contributed by atoms with van der Waals surface area (Å²) < 4.78 is 13.0. The Morgan fingerprint density at radius 1 is 1.35 bits per heavy atom. The molecule has 1 rings (SSSR count). The van der Waals surface area contributed by atoms with Crippen LogP contribution < -0.4 is 10.1 Å². The Bertz CT molecular complexity index is 377. The van der Waals surface area contributed by atoms with Crippen LogP contribution in [-0.2, 0) is 4.74 Å². The first-order valence-corrected chi connectivity index (χ1v) is 7.58. The van der Waals surface area contributed by atoms with Crippen LogP contribution in [0.2, 0.25) is 0 Å². The van der Waals surface area contributed by atoms with E-state index < -0.39 is 0 Å². The van der Waals surface area contributed by atoms with Gasteiger partial charge in [-0.15, -0.1) is 0 Å². The molecule has 0 aliphatic rings. The Morgan fingerprint density at radius 3 is 2.65 bits per heavy atom. The zero-order valence-corrected chi connectivity index (χ0v) is 13.5. The van der Waals surface area contributed by atoms with Crippen molar-refractivity contribution in [1.82, 2.24) is 15.1 Å². The SMILES string of the molecule is CCNC(CCCOCC)c1c(OC)cnn1C(C)C. The van der Waals surface area contributed by atoms with Crippen molar-refractivity contribution in [3.63, 3.8) is 0 Å². The molecular formula is C15H29N3O2. The molecule has 0 spiro atoms. The molecule has 0 radical (unpaired) electrons. The molecule has 0 aromatic carbocycles. The second-order valence-electron chi connectivity index (χ2n) is 5.09. The summed E-state index contributed by atoms with van der Waals surface area (Å²) in [4.78, 5) is 0. The predicted molar refractivity (Wildman–Crippen MR) is 81.3 cm³/mol. The Morgan fingerprint density at radius 2 is 2.10 bits per heavy atom. The second-order valence-corrected chi connectivity index (χ2v) is 5.09. The van der Waals surface area contributed by atoms with E-state index in [2.05, 4.69) is 31.2 Å². The van der Waals surface area contributed by atoms with Crippen LogP contribution in [0.15, 0.2) is 6.20 Å². The third-order valence-corrected chi connectivity index (χ3v) is 3.27. The van der Waals surface area contributed by atoms with Crippen molar-refractivity contribution in [2.75, 3.05) is 26.9 Å². The van der Waals surface area contributed by atoms with E-state index >= 15 is 0 Å². The number of nitrogens with zero attached hydrogens (tertiary/aromatic N) is 2. The fourth-order valence-electron chi connectivity index (χ4n) is 2.37. The van der Waals surface area contributed by atoms with E-state index in [1.165, 1.54) is 0 Å². The standard InChI is InChI=1S/C15H29N3O2/c1-6-16-13(9-8-10-20-7-2)15-14(19-5)11-17-18(15)12(3)4/h11-13,16H,6-10H2,1-5H3. The van der Waals surface area contributed by atoms with Crippen LogP contribution in [0, 0.1) is 0 Å². The summed E-state index contributed by atoms with van der Waals surface area (Å²) >= 11 is 0. The van der Waals surface area contributed by atoms with Gasteiger partial charge in [-0.25, -0.2) is 0 Å². The Hall–Kier alpha value is -1.07. The molecule has 0 bridgehead atoms. The average molecular weight is 283 g/mol. The van der Waals surface area contributed by atoms with Gasteiger partial charge < -0.3 is 14.8 Å². The minimum absolute atomic E-state index is 0.250. The molecule has 1 aromatic heterocycles. The molecule has 0 aliphatic heterocycles. The number of aromatic nitrogens is 2. The van der Waals surface area contributed by atoms with E-state index in [0.29, 0.717) is 6.04 Å². The minimum Gasteiger partial charge on any atom is -0.493 e. The highest BCUT2D eigenvalue weighted by Crippen LogP contribution is 2.30. The largest absolute Gasteiger partial charge is 0.493 e. The van der Waals surface area contributed by atoms with Crippen molar-refractivity contribution in [2.45, 2.75) is 52.6 Å². The fraction of sp³-hybridized carbons (Fsp3) is 0.800. The first kappa shape index (κ1) is 17.0. The number of rotatable bonds is 10. The summed E-state index contributed by atoms with van der Waals surface area (Å²) in [5.41, 5.74) is 1.14. The monoisotopic (exact) mass is 283 g/mol. The summed E-state index contributed by atoms with van der Waals surface area (Å²) in [6, 6.07) is 0.572. The number of nitrogens with one attached hydrogen (secondary N) is 1. The van der Waals surface area contributed by atoms with Crippen LogP contribution in [0.25, 0.3) is 0 Å². The van der Waals surface area contributed by atoms with Crippen molar-refractivity contribution >= 4 is 0 Å². The smallest absolute Gasteiger partial charge is 0.161 e. The Balaban J connectivity index is 2.85. The van der Waals surface area contributed by atoms with E-state index in [0.717, 1.165) is 44.0 Å². The maximum Gasteiger partial charge on any atom is 0.161 e. The van der Waals surface area contributed by atoms with Crippen molar-refractivity contribution < 1.29 is 9.47 Å². The molecule has 0 fully saturated rings. The van der Waals surface area contributed by atoms with Crippen LogP contribution in [0.3, 0.4) is 0 Å². The molecule has 5 nitrogen and oxygen atoms in total. The van der Waals surface area contributed by atoms with E-state index in [4.69, 9.17) is 9.47 Å². The third kappa shape index (κ3) is 4.49. The maximum atomic E-state index is 5.48. The Labute approximate surface area is 122 Å².